The van der Waals surface area contributed by atoms with Crippen LogP contribution in [0.5, 0.6) is 0 Å². The lowest BCUT2D eigenvalue weighted by atomic mass is 10.0. The highest BCUT2D eigenvalue weighted by Gasteiger charge is 2.27. The van der Waals surface area contributed by atoms with Crippen LogP contribution in [-0.2, 0) is 18.4 Å². The summed E-state index contributed by atoms with van der Waals surface area (Å²) in [5, 5.41) is 13.6. The number of allylic oxidation sites excluding steroid dienone is 3. The second kappa shape index (κ2) is 36.6. The molecule has 0 fully saturated rings. The number of nitrogens with zero attached hydrogens (tertiary/aromatic N) is 1. The first-order chi connectivity index (χ1) is 25.5. The molecule has 0 saturated carbocycles. The van der Waals surface area contributed by atoms with E-state index in [1.165, 1.54) is 135 Å². The van der Waals surface area contributed by atoms with Gasteiger partial charge in [0.1, 0.15) is 13.2 Å². The molecule has 0 aliphatic heterocycles. The Balaban J connectivity index is 4.03. The maximum atomic E-state index is 12.6. The highest BCUT2D eigenvalue weighted by Crippen LogP contribution is 2.43. The third-order valence-electron chi connectivity index (χ3n) is 9.92. The Labute approximate surface area is 328 Å². The number of aliphatic hydroxyl groups is 1. The van der Waals surface area contributed by atoms with Crippen LogP contribution >= 0.6 is 7.82 Å². The van der Waals surface area contributed by atoms with E-state index < -0.39 is 20.0 Å². The van der Waals surface area contributed by atoms with E-state index in [4.69, 9.17) is 9.05 Å². The van der Waals surface area contributed by atoms with Crippen LogP contribution in [0.2, 0.25) is 0 Å². The highest BCUT2D eigenvalue weighted by atomic mass is 31.2. The zero-order chi connectivity index (χ0) is 39.3. The first-order valence-electron chi connectivity index (χ1n) is 22.2. The number of carbonyl (C=O) groups excluding carboxylic acids is 1. The van der Waals surface area contributed by atoms with Crippen molar-refractivity contribution in [2.24, 2.45) is 0 Å². The fourth-order valence-corrected chi connectivity index (χ4v) is 7.09. The predicted molar refractivity (Wildman–Crippen MR) is 226 cm³/mol. The fraction of sp³-hybridized carbons (Fsp3) is 0.886. The number of hydrogen-bond acceptors (Lipinski definition) is 5. The van der Waals surface area contributed by atoms with Gasteiger partial charge < -0.3 is 19.8 Å². The molecule has 0 aromatic heterocycles. The topological polar surface area (TPSA) is 105 Å². The van der Waals surface area contributed by atoms with Gasteiger partial charge in [0.25, 0.3) is 0 Å². The number of aliphatic hydroxyl groups excluding tert-OH is 1. The smallest absolute Gasteiger partial charge is 0.387 e. The molecule has 0 aliphatic rings. The van der Waals surface area contributed by atoms with Gasteiger partial charge in [0.15, 0.2) is 0 Å². The van der Waals surface area contributed by atoms with Gasteiger partial charge in [-0.25, -0.2) is 4.57 Å². The second-order valence-corrected chi connectivity index (χ2v) is 17.9. The number of phosphoric ester groups is 1. The molecule has 0 heterocycles. The molecular weight excluding hydrogens is 683 g/mol. The Kier molecular flexibility index (Phi) is 35.9. The molecule has 1 amide bonds. The summed E-state index contributed by atoms with van der Waals surface area (Å²) in [5.41, 5.74) is 0. The molecule has 314 valence electrons. The van der Waals surface area contributed by atoms with E-state index in [1.54, 1.807) is 6.08 Å². The number of nitrogens with one attached hydrogen (secondary N) is 1. The zero-order valence-corrected chi connectivity index (χ0v) is 36.4. The summed E-state index contributed by atoms with van der Waals surface area (Å²) in [7, 11) is 1.55. The van der Waals surface area contributed by atoms with Crippen LogP contribution in [0.25, 0.3) is 0 Å². The molecule has 0 radical (unpaired) electrons. The molecular formula is C44H88N2O6P+. The summed E-state index contributed by atoms with van der Waals surface area (Å²) < 4.78 is 23.3. The molecule has 0 spiro atoms. The molecule has 0 rings (SSSR count). The molecule has 0 aromatic rings. The molecule has 0 aliphatic carbocycles. The largest absolute Gasteiger partial charge is 0.472 e. The van der Waals surface area contributed by atoms with Crippen molar-refractivity contribution in [1.29, 1.82) is 0 Å². The van der Waals surface area contributed by atoms with E-state index in [9.17, 15) is 19.4 Å². The number of rotatable bonds is 40. The van der Waals surface area contributed by atoms with Crippen molar-refractivity contribution in [3.8, 4) is 0 Å². The van der Waals surface area contributed by atoms with Gasteiger partial charge in [-0.3, -0.25) is 13.8 Å². The number of hydrogen-bond donors (Lipinski definition) is 3. The number of amides is 1. The molecule has 9 heteroatoms. The minimum Gasteiger partial charge on any atom is -0.387 e. The van der Waals surface area contributed by atoms with Crippen LogP contribution in [0.4, 0.5) is 0 Å². The van der Waals surface area contributed by atoms with Crippen LogP contribution < -0.4 is 5.32 Å². The zero-order valence-electron chi connectivity index (χ0n) is 35.5. The van der Waals surface area contributed by atoms with Gasteiger partial charge in [-0.15, -0.1) is 0 Å². The molecule has 3 unspecified atom stereocenters. The van der Waals surface area contributed by atoms with Crippen molar-refractivity contribution in [2.75, 3.05) is 40.9 Å². The van der Waals surface area contributed by atoms with E-state index in [2.05, 4.69) is 31.3 Å². The average molecular weight is 772 g/mol. The lowest BCUT2D eigenvalue weighted by Gasteiger charge is -2.25. The van der Waals surface area contributed by atoms with Crippen molar-refractivity contribution in [1.82, 2.24) is 5.32 Å². The summed E-state index contributed by atoms with van der Waals surface area (Å²) in [4.78, 5) is 22.7. The Hall–Kier alpha value is -1.02. The summed E-state index contributed by atoms with van der Waals surface area (Å²) in [5.74, 6) is -0.205. The quantitative estimate of drug-likeness (QED) is 0.0248. The lowest BCUT2D eigenvalue weighted by molar-refractivity contribution is -0.870. The van der Waals surface area contributed by atoms with Gasteiger partial charge in [-0.05, 0) is 32.1 Å². The molecule has 8 nitrogen and oxygen atoms in total. The van der Waals surface area contributed by atoms with Crippen LogP contribution in [0.1, 0.15) is 200 Å². The Morgan fingerprint density at radius 1 is 0.623 bits per heavy atom. The minimum atomic E-state index is -4.32. The van der Waals surface area contributed by atoms with E-state index in [0.29, 0.717) is 17.4 Å². The first kappa shape index (κ1) is 52.0. The third-order valence-corrected chi connectivity index (χ3v) is 10.9. The van der Waals surface area contributed by atoms with Crippen LogP contribution in [0, 0.1) is 0 Å². The van der Waals surface area contributed by atoms with Crippen LogP contribution in [0.15, 0.2) is 24.3 Å². The molecule has 3 N–H and O–H groups in total. The third kappa shape index (κ3) is 39.0. The maximum Gasteiger partial charge on any atom is 0.472 e. The van der Waals surface area contributed by atoms with Crippen molar-refractivity contribution >= 4 is 13.7 Å². The van der Waals surface area contributed by atoms with Gasteiger partial charge in [-0.2, -0.15) is 0 Å². The van der Waals surface area contributed by atoms with E-state index in [0.717, 1.165) is 44.9 Å². The summed E-state index contributed by atoms with van der Waals surface area (Å²) in [6, 6.07) is -0.855. The normalized spacial score (nSPS) is 14.6. The number of phosphoric acid groups is 1. The van der Waals surface area contributed by atoms with Crippen molar-refractivity contribution in [2.45, 2.75) is 212 Å². The monoisotopic (exact) mass is 772 g/mol. The molecule has 53 heavy (non-hydrogen) atoms. The maximum absolute atomic E-state index is 12.6. The number of quaternary nitrogens is 1. The fourth-order valence-electron chi connectivity index (χ4n) is 6.35. The van der Waals surface area contributed by atoms with Crippen molar-refractivity contribution in [3.63, 3.8) is 0 Å². The Morgan fingerprint density at radius 3 is 1.51 bits per heavy atom. The van der Waals surface area contributed by atoms with Crippen molar-refractivity contribution < 1.29 is 32.9 Å². The van der Waals surface area contributed by atoms with Gasteiger partial charge in [-0.1, -0.05) is 186 Å². The number of unbranched alkanes of at least 4 members (excludes halogenated alkanes) is 25. The van der Waals surface area contributed by atoms with Gasteiger partial charge in [0.2, 0.25) is 5.91 Å². The Morgan fingerprint density at radius 2 is 1.04 bits per heavy atom. The SMILES string of the molecule is CCCCCCCCCCCCCCCCCCCCCCC/C=C/CC/C=C/C(O)C(COP(=O)(O)OCC[N+](C)(C)C)NC(=O)CCCCCC. The lowest BCUT2D eigenvalue weighted by Crippen LogP contribution is -2.45. The highest BCUT2D eigenvalue weighted by molar-refractivity contribution is 7.47. The van der Waals surface area contributed by atoms with E-state index in [1.807, 2.05) is 27.2 Å². The Bertz CT molecular complexity index is 922. The molecule has 3 atom stereocenters. The van der Waals surface area contributed by atoms with Gasteiger partial charge in [0.05, 0.1) is 39.9 Å². The van der Waals surface area contributed by atoms with Gasteiger partial charge in [0, 0.05) is 6.42 Å². The average Bonchev–Trinajstić information content (AvgIpc) is 3.10. The molecule has 0 saturated heterocycles. The van der Waals surface area contributed by atoms with Crippen molar-refractivity contribution in [3.05, 3.63) is 24.3 Å². The summed E-state index contributed by atoms with van der Waals surface area (Å²) in [6.45, 7) is 4.67. The van der Waals surface area contributed by atoms with Crippen LogP contribution in [0.3, 0.4) is 0 Å². The predicted octanol–water partition coefficient (Wildman–Crippen LogP) is 12.1. The number of carbonyl (C=O) groups is 1. The molecule has 0 aromatic carbocycles. The summed E-state index contributed by atoms with van der Waals surface area (Å²) >= 11 is 0. The first-order valence-corrected chi connectivity index (χ1v) is 23.7. The summed E-state index contributed by atoms with van der Waals surface area (Å²) in [6.07, 6.45) is 43.4. The van der Waals surface area contributed by atoms with E-state index >= 15 is 0 Å². The van der Waals surface area contributed by atoms with E-state index in [-0.39, 0.29) is 19.1 Å². The number of likely N-dealkylation sites (N-methyl/N-ethyl adjacent to an activating group) is 1. The minimum absolute atomic E-state index is 0.0569. The second-order valence-electron chi connectivity index (χ2n) is 16.4. The molecule has 0 bridgehead atoms. The standard InChI is InChI=1S/C44H87N2O6P/c1-6-8-10-12-13-14-15-16-17-18-19-20-21-22-23-24-25-26-27-28-29-30-31-32-33-34-35-37-43(47)42(45-44(48)38-36-11-9-7-2)41-52-53(49,50)51-40-39-46(3,4)5/h31-32,35,37,42-43,47H,6-30,33-34,36,38-41H2,1-5H3,(H-,45,48,49,50)/p+1/b32-31+,37-35+. The van der Waals surface area contributed by atoms with Gasteiger partial charge >= 0.3 is 7.82 Å². The van der Waals surface area contributed by atoms with Crippen LogP contribution in [-0.4, -0.2) is 73.4 Å².